The van der Waals surface area contributed by atoms with Crippen LogP contribution in [0.25, 0.3) is 0 Å². The SMILES string of the molecule is CC(CCN)CCC(=O)N(C)c1cccnc1. The summed E-state index contributed by atoms with van der Waals surface area (Å²) in [7, 11) is 1.78. The molecule has 0 spiro atoms. The van der Waals surface area contributed by atoms with Crippen molar-refractivity contribution >= 4 is 11.6 Å². The summed E-state index contributed by atoms with van der Waals surface area (Å²) in [5, 5.41) is 0. The number of rotatable bonds is 6. The zero-order valence-electron chi connectivity index (χ0n) is 10.6. The minimum atomic E-state index is 0.127. The first kappa shape index (κ1) is 13.6. The largest absolute Gasteiger partial charge is 0.330 e. The van der Waals surface area contributed by atoms with Gasteiger partial charge in [-0.25, -0.2) is 0 Å². The molecule has 1 atom stereocenters. The number of carbonyl (C=O) groups is 1. The van der Waals surface area contributed by atoms with Crippen LogP contribution in [0.4, 0.5) is 5.69 Å². The molecule has 0 aliphatic carbocycles. The summed E-state index contributed by atoms with van der Waals surface area (Å²) < 4.78 is 0. The summed E-state index contributed by atoms with van der Waals surface area (Å²) in [6.45, 7) is 2.82. The molecule has 0 aromatic carbocycles. The van der Waals surface area contributed by atoms with Gasteiger partial charge >= 0.3 is 0 Å². The molecule has 1 aromatic heterocycles. The number of anilines is 1. The summed E-state index contributed by atoms with van der Waals surface area (Å²) >= 11 is 0. The minimum Gasteiger partial charge on any atom is -0.330 e. The minimum absolute atomic E-state index is 0.127. The molecule has 1 unspecified atom stereocenters. The van der Waals surface area contributed by atoms with Gasteiger partial charge in [-0.3, -0.25) is 9.78 Å². The molecule has 0 saturated heterocycles. The highest BCUT2D eigenvalue weighted by Gasteiger charge is 2.12. The van der Waals surface area contributed by atoms with Gasteiger partial charge in [-0.2, -0.15) is 0 Å². The number of pyridine rings is 1. The van der Waals surface area contributed by atoms with Crippen molar-refractivity contribution in [1.29, 1.82) is 0 Å². The molecule has 0 aliphatic heterocycles. The monoisotopic (exact) mass is 235 g/mol. The lowest BCUT2D eigenvalue weighted by Crippen LogP contribution is -2.26. The fraction of sp³-hybridized carbons (Fsp3) is 0.538. The Morgan fingerprint density at radius 1 is 1.53 bits per heavy atom. The molecule has 0 fully saturated rings. The molecule has 94 valence electrons. The van der Waals surface area contributed by atoms with E-state index in [9.17, 15) is 4.79 Å². The Kier molecular flexibility index (Phi) is 5.63. The van der Waals surface area contributed by atoms with Crippen molar-refractivity contribution in [2.45, 2.75) is 26.2 Å². The van der Waals surface area contributed by atoms with Crippen LogP contribution in [0.15, 0.2) is 24.5 Å². The number of hydrogen-bond donors (Lipinski definition) is 1. The van der Waals surface area contributed by atoms with Crippen molar-refractivity contribution in [3.8, 4) is 0 Å². The summed E-state index contributed by atoms with van der Waals surface area (Å²) in [5.41, 5.74) is 6.32. The third-order valence-electron chi connectivity index (χ3n) is 2.92. The molecule has 0 bridgehead atoms. The van der Waals surface area contributed by atoms with E-state index in [0.717, 1.165) is 18.5 Å². The summed E-state index contributed by atoms with van der Waals surface area (Å²) in [4.78, 5) is 17.6. The van der Waals surface area contributed by atoms with Crippen LogP contribution in [-0.2, 0) is 4.79 Å². The van der Waals surface area contributed by atoms with Crippen LogP contribution in [0.1, 0.15) is 26.2 Å². The van der Waals surface area contributed by atoms with Crippen LogP contribution >= 0.6 is 0 Å². The zero-order valence-corrected chi connectivity index (χ0v) is 10.6. The van der Waals surface area contributed by atoms with E-state index in [-0.39, 0.29) is 5.91 Å². The Morgan fingerprint density at radius 3 is 2.88 bits per heavy atom. The fourth-order valence-corrected chi connectivity index (χ4v) is 1.66. The molecule has 0 radical (unpaired) electrons. The Balaban J connectivity index is 2.43. The molecule has 1 amide bonds. The van der Waals surface area contributed by atoms with Gasteiger partial charge in [0.2, 0.25) is 5.91 Å². The van der Waals surface area contributed by atoms with Crippen molar-refractivity contribution in [3.63, 3.8) is 0 Å². The quantitative estimate of drug-likeness (QED) is 0.818. The van der Waals surface area contributed by atoms with Gasteiger partial charge in [0, 0.05) is 19.7 Å². The highest BCUT2D eigenvalue weighted by atomic mass is 16.2. The lowest BCUT2D eigenvalue weighted by atomic mass is 10.0. The van der Waals surface area contributed by atoms with Gasteiger partial charge in [0.15, 0.2) is 0 Å². The second-order valence-electron chi connectivity index (χ2n) is 4.39. The van der Waals surface area contributed by atoms with E-state index in [1.165, 1.54) is 0 Å². The summed E-state index contributed by atoms with van der Waals surface area (Å²) in [6, 6.07) is 3.71. The number of amides is 1. The standard InChI is InChI=1S/C13H21N3O/c1-11(7-8-14)5-6-13(17)16(2)12-4-3-9-15-10-12/h3-4,9-11H,5-8,14H2,1-2H3. The molecule has 2 N–H and O–H groups in total. The summed E-state index contributed by atoms with van der Waals surface area (Å²) in [5.74, 6) is 0.633. The number of aromatic nitrogens is 1. The fourth-order valence-electron chi connectivity index (χ4n) is 1.66. The maximum Gasteiger partial charge on any atom is 0.226 e. The number of nitrogens with two attached hydrogens (primary N) is 1. The maximum absolute atomic E-state index is 11.9. The van der Waals surface area contributed by atoms with Crippen molar-refractivity contribution < 1.29 is 4.79 Å². The molecule has 0 aliphatic rings. The number of nitrogens with zero attached hydrogens (tertiary/aromatic N) is 2. The molecule has 1 aromatic rings. The number of hydrogen-bond acceptors (Lipinski definition) is 3. The van der Waals surface area contributed by atoms with E-state index >= 15 is 0 Å². The molecule has 1 heterocycles. The van der Waals surface area contributed by atoms with Gasteiger partial charge in [-0.1, -0.05) is 6.92 Å². The van der Waals surface area contributed by atoms with Crippen LogP contribution in [-0.4, -0.2) is 24.5 Å². The van der Waals surface area contributed by atoms with E-state index in [1.807, 2.05) is 12.1 Å². The Hall–Kier alpha value is -1.42. The third-order valence-corrected chi connectivity index (χ3v) is 2.92. The lowest BCUT2D eigenvalue weighted by Gasteiger charge is -2.18. The van der Waals surface area contributed by atoms with Crippen molar-refractivity contribution in [3.05, 3.63) is 24.5 Å². The molecule has 0 saturated carbocycles. The predicted molar refractivity (Wildman–Crippen MR) is 69.7 cm³/mol. The molecular weight excluding hydrogens is 214 g/mol. The van der Waals surface area contributed by atoms with Crippen LogP contribution in [0.5, 0.6) is 0 Å². The first-order chi connectivity index (χ1) is 8.15. The smallest absolute Gasteiger partial charge is 0.226 e. The average Bonchev–Trinajstić information content (AvgIpc) is 2.36. The normalized spacial score (nSPS) is 12.2. The van der Waals surface area contributed by atoms with Gasteiger partial charge < -0.3 is 10.6 Å². The van der Waals surface area contributed by atoms with Crippen molar-refractivity contribution in [2.75, 3.05) is 18.5 Å². The lowest BCUT2D eigenvalue weighted by molar-refractivity contribution is -0.118. The van der Waals surface area contributed by atoms with Gasteiger partial charge in [0.05, 0.1) is 11.9 Å². The molecule has 4 heteroatoms. The van der Waals surface area contributed by atoms with Gasteiger partial charge in [0.1, 0.15) is 0 Å². The van der Waals surface area contributed by atoms with E-state index in [4.69, 9.17) is 5.73 Å². The molecule has 1 rings (SSSR count). The third kappa shape index (κ3) is 4.53. The van der Waals surface area contributed by atoms with Crippen molar-refractivity contribution in [1.82, 2.24) is 4.98 Å². The van der Waals surface area contributed by atoms with E-state index in [1.54, 1.807) is 24.3 Å². The first-order valence-electron chi connectivity index (χ1n) is 6.01. The molecule has 4 nitrogen and oxygen atoms in total. The Bertz CT molecular complexity index is 340. The second-order valence-corrected chi connectivity index (χ2v) is 4.39. The summed E-state index contributed by atoms with van der Waals surface area (Å²) in [6.07, 6.45) is 5.82. The van der Waals surface area contributed by atoms with Crippen LogP contribution < -0.4 is 10.6 Å². The van der Waals surface area contributed by atoms with Crippen LogP contribution in [0.2, 0.25) is 0 Å². The number of carbonyl (C=O) groups excluding carboxylic acids is 1. The highest BCUT2D eigenvalue weighted by Crippen LogP contribution is 2.14. The van der Waals surface area contributed by atoms with Crippen molar-refractivity contribution in [2.24, 2.45) is 11.7 Å². The second kappa shape index (κ2) is 7.01. The average molecular weight is 235 g/mol. The zero-order chi connectivity index (χ0) is 12.7. The molecular formula is C13H21N3O. The first-order valence-corrected chi connectivity index (χ1v) is 6.01. The van der Waals surface area contributed by atoms with E-state index < -0.39 is 0 Å². The van der Waals surface area contributed by atoms with Gasteiger partial charge in [-0.15, -0.1) is 0 Å². The Morgan fingerprint density at radius 2 is 2.29 bits per heavy atom. The highest BCUT2D eigenvalue weighted by molar-refractivity contribution is 5.92. The van der Waals surface area contributed by atoms with Gasteiger partial charge in [0.25, 0.3) is 0 Å². The molecule has 17 heavy (non-hydrogen) atoms. The van der Waals surface area contributed by atoms with Gasteiger partial charge in [-0.05, 0) is 37.4 Å². The predicted octanol–water partition coefficient (Wildman–Crippen LogP) is 1.81. The van der Waals surface area contributed by atoms with Crippen LogP contribution in [0.3, 0.4) is 0 Å². The van der Waals surface area contributed by atoms with E-state index in [2.05, 4.69) is 11.9 Å². The topological polar surface area (TPSA) is 59.2 Å². The van der Waals surface area contributed by atoms with Crippen LogP contribution in [0, 0.1) is 5.92 Å². The Labute approximate surface area is 103 Å². The van der Waals surface area contributed by atoms with E-state index in [0.29, 0.717) is 18.9 Å². The maximum atomic E-state index is 11.9.